The molecule has 136 valence electrons. The van der Waals surface area contributed by atoms with E-state index in [1.807, 2.05) is 6.92 Å². The van der Waals surface area contributed by atoms with Crippen molar-refractivity contribution in [3.05, 3.63) is 64.4 Å². The smallest absolute Gasteiger partial charge is 0.310 e. The van der Waals surface area contributed by atoms with Crippen LogP contribution < -0.4 is 0 Å². The number of halogens is 4. The van der Waals surface area contributed by atoms with Crippen molar-refractivity contribution in [1.82, 2.24) is 0 Å². The van der Waals surface area contributed by atoms with Crippen LogP contribution in [-0.2, 0) is 16.0 Å². The third-order valence-corrected chi connectivity index (χ3v) is 4.20. The molecule has 0 amide bonds. The lowest BCUT2D eigenvalue weighted by Crippen LogP contribution is -2.10. The molecule has 0 heterocycles. The van der Waals surface area contributed by atoms with Crippen LogP contribution in [0.25, 0.3) is 17.2 Å². The summed E-state index contributed by atoms with van der Waals surface area (Å²) in [6, 6.07) is 3.83. The Labute approximate surface area is 148 Å². The average Bonchev–Trinajstić information content (AvgIpc) is 2.58. The molecule has 2 aromatic carbocycles. The number of benzene rings is 2. The fourth-order valence-electron chi connectivity index (χ4n) is 2.95. The molecule has 0 unspecified atom stereocenters. The van der Waals surface area contributed by atoms with Gasteiger partial charge in [0, 0.05) is 12.8 Å². The van der Waals surface area contributed by atoms with E-state index in [1.54, 1.807) is 0 Å². The largest absolute Gasteiger partial charge is 0.431 e. The minimum atomic E-state index is -1.18. The lowest BCUT2D eigenvalue weighted by atomic mass is 9.91. The lowest BCUT2D eigenvalue weighted by Gasteiger charge is -2.19. The monoisotopic (exact) mass is 364 g/mol. The number of carbonyl (C=O) groups excluding carboxylic acids is 1. The molecule has 3 rings (SSSR count). The number of rotatable bonds is 4. The van der Waals surface area contributed by atoms with Crippen molar-refractivity contribution in [3.8, 4) is 11.1 Å². The van der Waals surface area contributed by atoms with Crippen molar-refractivity contribution in [3.63, 3.8) is 0 Å². The van der Waals surface area contributed by atoms with Crippen LogP contribution in [0.15, 0.2) is 30.0 Å². The molecule has 26 heavy (non-hydrogen) atoms. The van der Waals surface area contributed by atoms with Gasteiger partial charge in [-0.1, -0.05) is 13.0 Å². The van der Waals surface area contributed by atoms with Crippen LogP contribution in [0, 0.1) is 23.3 Å². The Hall–Kier alpha value is -2.63. The van der Waals surface area contributed by atoms with E-state index in [2.05, 4.69) is 0 Å². The van der Waals surface area contributed by atoms with Gasteiger partial charge in [0.15, 0.2) is 11.6 Å². The van der Waals surface area contributed by atoms with Crippen LogP contribution in [0.1, 0.15) is 37.3 Å². The van der Waals surface area contributed by atoms with Gasteiger partial charge < -0.3 is 4.74 Å². The van der Waals surface area contributed by atoms with E-state index >= 15 is 0 Å². The molecule has 0 bridgehead atoms. The fourth-order valence-corrected chi connectivity index (χ4v) is 2.95. The zero-order valence-corrected chi connectivity index (χ0v) is 14.0. The van der Waals surface area contributed by atoms with Gasteiger partial charge in [-0.25, -0.2) is 17.6 Å². The van der Waals surface area contributed by atoms with E-state index in [1.165, 1.54) is 6.08 Å². The zero-order chi connectivity index (χ0) is 18.8. The average molecular weight is 364 g/mol. The summed E-state index contributed by atoms with van der Waals surface area (Å²) in [6.45, 7) is 1.84. The zero-order valence-electron chi connectivity index (χ0n) is 14.0. The first-order valence-corrected chi connectivity index (χ1v) is 8.28. The maximum Gasteiger partial charge on any atom is 0.310 e. The Kier molecular flexibility index (Phi) is 5.11. The molecule has 0 saturated heterocycles. The second-order valence-electron chi connectivity index (χ2n) is 6.08. The van der Waals surface area contributed by atoms with Gasteiger partial charge in [0.1, 0.15) is 17.4 Å². The van der Waals surface area contributed by atoms with Crippen LogP contribution >= 0.6 is 0 Å². The number of fused-ring (bicyclic) bond motifs is 1. The van der Waals surface area contributed by atoms with E-state index in [9.17, 15) is 22.4 Å². The second-order valence-corrected chi connectivity index (χ2v) is 6.08. The molecule has 0 spiro atoms. The number of esters is 1. The van der Waals surface area contributed by atoms with Crippen molar-refractivity contribution in [1.29, 1.82) is 0 Å². The summed E-state index contributed by atoms with van der Waals surface area (Å²) in [5.74, 6) is -4.01. The minimum Gasteiger partial charge on any atom is -0.431 e. The van der Waals surface area contributed by atoms with Crippen molar-refractivity contribution >= 4 is 12.0 Å². The quantitative estimate of drug-likeness (QED) is 0.526. The number of ether oxygens (including phenoxy) is 1. The third-order valence-electron chi connectivity index (χ3n) is 4.20. The van der Waals surface area contributed by atoms with Crippen LogP contribution in [0.5, 0.6) is 0 Å². The SMILES string of the molecule is CCCC(=O)OC1=Cc2cc(F)c(-c3ccc(F)c(F)c3)c(F)c2CC1. The molecule has 0 radical (unpaired) electrons. The molecular formula is C20H16F4O2. The van der Waals surface area contributed by atoms with Crippen molar-refractivity contribution in [2.75, 3.05) is 0 Å². The topological polar surface area (TPSA) is 26.3 Å². The number of hydrogen-bond acceptors (Lipinski definition) is 2. The highest BCUT2D eigenvalue weighted by atomic mass is 19.2. The molecule has 0 aromatic heterocycles. The molecule has 0 N–H and O–H groups in total. The standard InChI is InChI=1S/C20H16F4O2/c1-2-3-18(25)26-13-5-6-14-12(8-13)10-17(23)19(20(14)24)11-4-7-15(21)16(22)9-11/h4,7-10H,2-3,5-6H2,1H3. The summed E-state index contributed by atoms with van der Waals surface area (Å²) in [4.78, 5) is 11.6. The second kappa shape index (κ2) is 7.32. The van der Waals surface area contributed by atoms with Gasteiger partial charge >= 0.3 is 5.97 Å². The molecule has 2 aromatic rings. The highest BCUT2D eigenvalue weighted by molar-refractivity contribution is 5.74. The normalized spacial score (nSPS) is 13.2. The Balaban J connectivity index is 2.00. The van der Waals surface area contributed by atoms with Gasteiger partial charge in [-0.2, -0.15) is 0 Å². The molecule has 0 saturated carbocycles. The van der Waals surface area contributed by atoms with Crippen LogP contribution in [-0.4, -0.2) is 5.97 Å². The summed E-state index contributed by atoms with van der Waals surface area (Å²) in [7, 11) is 0. The van der Waals surface area contributed by atoms with Gasteiger partial charge in [-0.15, -0.1) is 0 Å². The van der Waals surface area contributed by atoms with Crippen LogP contribution in [0.3, 0.4) is 0 Å². The summed E-state index contributed by atoms with van der Waals surface area (Å²) in [5.41, 5.74) is 0.0478. The molecule has 2 nitrogen and oxygen atoms in total. The highest BCUT2D eigenvalue weighted by Crippen LogP contribution is 2.35. The number of carbonyl (C=O) groups is 1. The van der Waals surface area contributed by atoms with Crippen molar-refractivity contribution in [2.45, 2.75) is 32.6 Å². The first-order valence-electron chi connectivity index (χ1n) is 8.28. The Morgan fingerprint density at radius 3 is 2.50 bits per heavy atom. The highest BCUT2D eigenvalue weighted by Gasteiger charge is 2.23. The van der Waals surface area contributed by atoms with E-state index in [4.69, 9.17) is 4.74 Å². The summed E-state index contributed by atoms with van der Waals surface area (Å²) in [5, 5.41) is 0. The fraction of sp³-hybridized carbons (Fsp3) is 0.250. The first-order chi connectivity index (χ1) is 12.4. The van der Waals surface area contributed by atoms with Gasteiger partial charge in [-0.3, -0.25) is 4.79 Å². The summed E-state index contributed by atoms with van der Waals surface area (Å²) < 4.78 is 61.0. The van der Waals surface area contributed by atoms with E-state index in [0.717, 1.165) is 24.3 Å². The number of allylic oxidation sites excluding steroid dienone is 1. The van der Waals surface area contributed by atoms with E-state index < -0.39 is 28.8 Å². The third kappa shape index (κ3) is 3.49. The van der Waals surface area contributed by atoms with Gasteiger partial charge in [0.25, 0.3) is 0 Å². The number of hydrogen-bond donors (Lipinski definition) is 0. The Morgan fingerprint density at radius 1 is 1.04 bits per heavy atom. The van der Waals surface area contributed by atoms with E-state index in [-0.39, 0.29) is 35.5 Å². The maximum absolute atomic E-state index is 14.9. The Bertz CT molecular complexity index is 903. The molecule has 0 aliphatic heterocycles. The molecular weight excluding hydrogens is 348 g/mol. The first kappa shape index (κ1) is 18.2. The van der Waals surface area contributed by atoms with E-state index in [0.29, 0.717) is 18.6 Å². The molecule has 6 heteroatoms. The lowest BCUT2D eigenvalue weighted by molar-refractivity contribution is -0.139. The summed E-state index contributed by atoms with van der Waals surface area (Å²) >= 11 is 0. The summed E-state index contributed by atoms with van der Waals surface area (Å²) in [6.07, 6.45) is 2.85. The maximum atomic E-state index is 14.9. The van der Waals surface area contributed by atoms with Crippen molar-refractivity contribution < 1.29 is 27.1 Å². The molecule has 0 atom stereocenters. The van der Waals surface area contributed by atoms with Crippen LogP contribution in [0.4, 0.5) is 17.6 Å². The predicted molar refractivity (Wildman–Crippen MR) is 89.0 cm³/mol. The van der Waals surface area contributed by atoms with Gasteiger partial charge in [0.05, 0.1) is 5.56 Å². The molecule has 1 aliphatic rings. The molecule has 0 fully saturated rings. The van der Waals surface area contributed by atoms with Gasteiger partial charge in [0.2, 0.25) is 0 Å². The van der Waals surface area contributed by atoms with Crippen LogP contribution in [0.2, 0.25) is 0 Å². The minimum absolute atomic E-state index is 0.0779. The molecule has 1 aliphatic carbocycles. The predicted octanol–water partition coefficient (Wildman–Crippen LogP) is 5.54. The van der Waals surface area contributed by atoms with Crippen molar-refractivity contribution in [2.24, 2.45) is 0 Å². The Morgan fingerprint density at radius 2 is 1.81 bits per heavy atom. The van der Waals surface area contributed by atoms with Gasteiger partial charge in [-0.05, 0) is 53.8 Å².